The SMILES string of the molecule is COC(=O)c1ccc2c(=O)[nH]c(/C(Cl)=C/c3ccc(-c4ccccc4)s3)nc2c1. The number of halogens is 1. The molecule has 2 heterocycles. The maximum absolute atomic E-state index is 12.4. The summed E-state index contributed by atoms with van der Waals surface area (Å²) in [5.41, 5.74) is 1.48. The van der Waals surface area contributed by atoms with Crippen molar-refractivity contribution < 1.29 is 9.53 Å². The molecule has 7 heteroatoms. The first-order chi connectivity index (χ1) is 14.0. The van der Waals surface area contributed by atoms with Crippen LogP contribution >= 0.6 is 22.9 Å². The van der Waals surface area contributed by atoms with Crippen LogP contribution in [0.5, 0.6) is 0 Å². The van der Waals surface area contributed by atoms with Crippen LogP contribution in [0.1, 0.15) is 21.1 Å². The van der Waals surface area contributed by atoms with Crippen LogP contribution in [0.15, 0.2) is 65.5 Å². The van der Waals surface area contributed by atoms with E-state index in [0.29, 0.717) is 21.5 Å². The van der Waals surface area contributed by atoms with E-state index in [2.05, 4.69) is 9.97 Å². The number of nitrogens with zero attached hydrogens (tertiary/aromatic N) is 1. The Hall–Kier alpha value is -3.22. The zero-order valence-corrected chi connectivity index (χ0v) is 16.9. The van der Waals surface area contributed by atoms with E-state index in [1.54, 1.807) is 23.5 Å². The van der Waals surface area contributed by atoms with E-state index in [1.807, 2.05) is 42.5 Å². The molecule has 0 saturated heterocycles. The summed E-state index contributed by atoms with van der Waals surface area (Å²) in [6.45, 7) is 0. The standard InChI is InChI=1S/C22H15ClN2O3S/c1-28-22(27)14-7-9-16-18(11-14)24-20(25-21(16)26)17(23)12-15-8-10-19(29-15)13-5-3-2-4-6-13/h2-12H,1H3,(H,24,25,26)/b17-12-. The van der Waals surface area contributed by atoms with Crippen molar-refractivity contribution >= 4 is 50.9 Å². The highest BCUT2D eigenvalue weighted by Gasteiger charge is 2.11. The molecule has 4 rings (SSSR count). The molecule has 0 aliphatic heterocycles. The Kier molecular flexibility index (Phi) is 5.29. The Morgan fingerprint density at radius 2 is 1.93 bits per heavy atom. The van der Waals surface area contributed by atoms with E-state index in [1.165, 1.54) is 19.2 Å². The molecule has 2 aromatic heterocycles. The molecule has 1 N–H and O–H groups in total. The van der Waals surface area contributed by atoms with Crippen LogP contribution in [-0.2, 0) is 4.74 Å². The van der Waals surface area contributed by atoms with Crippen molar-refractivity contribution in [2.45, 2.75) is 0 Å². The van der Waals surface area contributed by atoms with Crippen LogP contribution < -0.4 is 5.56 Å². The van der Waals surface area contributed by atoms with Gasteiger partial charge in [-0.25, -0.2) is 9.78 Å². The van der Waals surface area contributed by atoms with Crippen molar-refractivity contribution in [3.63, 3.8) is 0 Å². The van der Waals surface area contributed by atoms with Crippen molar-refractivity contribution in [3.05, 3.63) is 87.3 Å². The molecule has 0 spiro atoms. The van der Waals surface area contributed by atoms with Gasteiger partial charge in [-0.05, 0) is 42.0 Å². The molecule has 144 valence electrons. The zero-order chi connectivity index (χ0) is 20.4. The third-order valence-corrected chi connectivity index (χ3v) is 5.68. The van der Waals surface area contributed by atoms with Gasteiger partial charge in [-0.1, -0.05) is 41.9 Å². The normalized spacial score (nSPS) is 11.6. The maximum atomic E-state index is 12.4. The topological polar surface area (TPSA) is 72.1 Å². The highest BCUT2D eigenvalue weighted by molar-refractivity contribution is 7.16. The second-order valence-electron chi connectivity index (χ2n) is 6.20. The molecule has 0 aliphatic carbocycles. The Balaban J connectivity index is 1.71. The minimum atomic E-state index is -0.496. The third-order valence-electron chi connectivity index (χ3n) is 4.31. The molecule has 2 aromatic carbocycles. The number of hydrogen-bond donors (Lipinski definition) is 1. The number of H-pyrrole nitrogens is 1. The van der Waals surface area contributed by atoms with Crippen LogP contribution in [0.3, 0.4) is 0 Å². The lowest BCUT2D eigenvalue weighted by atomic mass is 10.1. The molecule has 0 amide bonds. The lowest BCUT2D eigenvalue weighted by Crippen LogP contribution is -2.11. The summed E-state index contributed by atoms with van der Waals surface area (Å²) in [7, 11) is 1.30. The molecule has 0 aliphatic rings. The minimum Gasteiger partial charge on any atom is -0.465 e. The van der Waals surface area contributed by atoms with Gasteiger partial charge in [0.1, 0.15) is 0 Å². The average Bonchev–Trinajstić information content (AvgIpc) is 3.21. The van der Waals surface area contributed by atoms with Crippen LogP contribution in [0.25, 0.3) is 32.5 Å². The number of aromatic amines is 1. The number of rotatable bonds is 4. The number of hydrogen-bond acceptors (Lipinski definition) is 5. The van der Waals surface area contributed by atoms with E-state index in [9.17, 15) is 9.59 Å². The van der Waals surface area contributed by atoms with Gasteiger partial charge in [0, 0.05) is 9.75 Å². The number of carbonyl (C=O) groups excluding carboxylic acids is 1. The van der Waals surface area contributed by atoms with Crippen molar-refractivity contribution in [2.24, 2.45) is 0 Å². The minimum absolute atomic E-state index is 0.237. The molecule has 0 radical (unpaired) electrons. The van der Waals surface area contributed by atoms with Gasteiger partial charge < -0.3 is 9.72 Å². The summed E-state index contributed by atoms with van der Waals surface area (Å²) in [6, 6.07) is 18.6. The fourth-order valence-electron chi connectivity index (χ4n) is 2.88. The highest BCUT2D eigenvalue weighted by atomic mass is 35.5. The van der Waals surface area contributed by atoms with Crippen LogP contribution in [0.4, 0.5) is 0 Å². The van der Waals surface area contributed by atoms with E-state index in [4.69, 9.17) is 16.3 Å². The van der Waals surface area contributed by atoms with Gasteiger partial charge in [0.15, 0.2) is 5.82 Å². The molecule has 0 fully saturated rings. The number of aromatic nitrogens is 2. The summed E-state index contributed by atoms with van der Waals surface area (Å²) >= 11 is 8.03. The van der Waals surface area contributed by atoms with Crippen LogP contribution in [0, 0.1) is 0 Å². The van der Waals surface area contributed by atoms with E-state index < -0.39 is 5.97 Å². The molecule has 4 aromatic rings. The highest BCUT2D eigenvalue weighted by Crippen LogP contribution is 2.31. The Morgan fingerprint density at radius 1 is 1.14 bits per heavy atom. The monoisotopic (exact) mass is 422 g/mol. The van der Waals surface area contributed by atoms with Gasteiger partial charge in [0.05, 0.1) is 28.6 Å². The number of esters is 1. The first-order valence-electron chi connectivity index (χ1n) is 8.70. The number of nitrogens with one attached hydrogen (secondary N) is 1. The largest absolute Gasteiger partial charge is 0.465 e. The summed E-state index contributed by atoms with van der Waals surface area (Å²) in [5.74, 6) is -0.259. The molecular formula is C22H15ClN2O3S. The van der Waals surface area contributed by atoms with E-state index in [0.717, 1.165) is 15.3 Å². The zero-order valence-electron chi connectivity index (χ0n) is 15.3. The smallest absolute Gasteiger partial charge is 0.337 e. The second-order valence-corrected chi connectivity index (χ2v) is 7.72. The van der Waals surface area contributed by atoms with Gasteiger partial charge in [0.25, 0.3) is 5.56 Å². The molecule has 0 unspecified atom stereocenters. The first kappa shape index (κ1) is 19.1. The van der Waals surface area contributed by atoms with Crippen molar-refractivity contribution in [1.29, 1.82) is 0 Å². The quantitative estimate of drug-likeness (QED) is 0.460. The fraction of sp³-hybridized carbons (Fsp3) is 0.0455. The van der Waals surface area contributed by atoms with Crippen LogP contribution in [0.2, 0.25) is 0 Å². The van der Waals surface area contributed by atoms with Gasteiger partial charge in [-0.15, -0.1) is 11.3 Å². The summed E-state index contributed by atoms with van der Waals surface area (Å²) < 4.78 is 4.72. The number of methoxy groups -OCH3 is 1. The Labute approximate surface area is 175 Å². The van der Waals surface area contributed by atoms with Crippen LogP contribution in [-0.4, -0.2) is 23.0 Å². The predicted molar refractivity (Wildman–Crippen MR) is 117 cm³/mol. The fourth-order valence-corrected chi connectivity index (χ4v) is 4.11. The van der Waals surface area contributed by atoms with E-state index in [-0.39, 0.29) is 11.4 Å². The number of carbonyl (C=O) groups is 1. The van der Waals surface area contributed by atoms with Gasteiger partial charge in [-0.2, -0.15) is 0 Å². The number of thiophene rings is 1. The van der Waals surface area contributed by atoms with Gasteiger partial charge in [0.2, 0.25) is 0 Å². The molecule has 29 heavy (non-hydrogen) atoms. The van der Waals surface area contributed by atoms with Crippen molar-refractivity contribution in [2.75, 3.05) is 7.11 Å². The summed E-state index contributed by atoms with van der Waals surface area (Å²) in [5, 5.41) is 0.669. The van der Waals surface area contributed by atoms with E-state index >= 15 is 0 Å². The molecular weight excluding hydrogens is 408 g/mol. The maximum Gasteiger partial charge on any atom is 0.337 e. The number of benzene rings is 2. The lowest BCUT2D eigenvalue weighted by Gasteiger charge is -2.04. The van der Waals surface area contributed by atoms with Gasteiger partial charge >= 0.3 is 5.97 Å². The average molecular weight is 423 g/mol. The molecule has 0 saturated carbocycles. The summed E-state index contributed by atoms with van der Waals surface area (Å²) in [6.07, 6.45) is 1.76. The third kappa shape index (κ3) is 3.99. The predicted octanol–water partition coefficient (Wildman–Crippen LogP) is 5.18. The van der Waals surface area contributed by atoms with Gasteiger partial charge in [-0.3, -0.25) is 4.79 Å². The molecule has 0 atom stereocenters. The number of ether oxygens (including phenoxy) is 1. The molecule has 5 nitrogen and oxygen atoms in total. The molecule has 0 bridgehead atoms. The lowest BCUT2D eigenvalue weighted by molar-refractivity contribution is 0.0601. The Bertz CT molecular complexity index is 1290. The van der Waals surface area contributed by atoms with Crippen molar-refractivity contribution in [3.8, 4) is 10.4 Å². The number of fused-ring (bicyclic) bond motifs is 1. The Morgan fingerprint density at radius 3 is 2.69 bits per heavy atom. The summed E-state index contributed by atoms with van der Waals surface area (Å²) in [4.78, 5) is 33.3. The van der Waals surface area contributed by atoms with Crippen molar-refractivity contribution in [1.82, 2.24) is 9.97 Å². The second kappa shape index (κ2) is 8.03. The first-order valence-corrected chi connectivity index (χ1v) is 9.90.